The lowest BCUT2D eigenvalue weighted by molar-refractivity contribution is -0.137. The van der Waals surface area contributed by atoms with E-state index in [0.717, 1.165) is 0 Å². The van der Waals surface area contributed by atoms with Gasteiger partial charge in [-0.15, -0.1) is 0 Å². The van der Waals surface area contributed by atoms with Crippen LogP contribution in [0.15, 0.2) is 18.2 Å². The standard InChI is InChI=1S/C15H21FO3/c1-9(2)12(8-15(17)18)11-5-6-14(13(16)7-11)19-10(3)4/h5-7,9-10,12H,8H2,1-4H3,(H,17,18). The summed E-state index contributed by atoms with van der Waals surface area (Å²) in [5.74, 6) is -1.17. The third-order valence-corrected chi connectivity index (χ3v) is 2.95. The smallest absolute Gasteiger partial charge is 0.303 e. The first-order chi connectivity index (χ1) is 8.81. The van der Waals surface area contributed by atoms with Crippen molar-refractivity contribution in [1.29, 1.82) is 0 Å². The van der Waals surface area contributed by atoms with Crippen molar-refractivity contribution in [2.24, 2.45) is 5.92 Å². The first kappa shape index (κ1) is 15.5. The zero-order valence-electron chi connectivity index (χ0n) is 11.8. The van der Waals surface area contributed by atoms with Crippen molar-refractivity contribution in [3.8, 4) is 5.75 Å². The minimum absolute atomic E-state index is 0.00148. The maximum atomic E-state index is 13.9. The van der Waals surface area contributed by atoms with Crippen molar-refractivity contribution in [3.63, 3.8) is 0 Å². The van der Waals surface area contributed by atoms with Gasteiger partial charge in [0.2, 0.25) is 0 Å². The number of aliphatic carboxylic acids is 1. The molecule has 0 saturated carbocycles. The molecule has 0 radical (unpaired) electrons. The van der Waals surface area contributed by atoms with Crippen molar-refractivity contribution in [2.45, 2.75) is 46.1 Å². The fourth-order valence-electron chi connectivity index (χ4n) is 2.02. The summed E-state index contributed by atoms with van der Waals surface area (Å²) >= 11 is 0. The highest BCUT2D eigenvalue weighted by atomic mass is 19.1. The molecule has 1 aromatic rings. The molecule has 0 aromatic heterocycles. The molecule has 0 aliphatic heterocycles. The second kappa shape index (κ2) is 6.55. The number of ether oxygens (including phenoxy) is 1. The van der Waals surface area contributed by atoms with Crippen LogP contribution in [0.2, 0.25) is 0 Å². The van der Waals surface area contributed by atoms with E-state index in [1.807, 2.05) is 27.7 Å². The molecule has 0 amide bonds. The summed E-state index contributed by atoms with van der Waals surface area (Å²) in [5.41, 5.74) is 0.700. The fraction of sp³-hybridized carbons (Fsp3) is 0.533. The number of halogens is 1. The van der Waals surface area contributed by atoms with Gasteiger partial charge in [0.25, 0.3) is 0 Å². The van der Waals surface area contributed by atoms with Crippen LogP contribution in [0.25, 0.3) is 0 Å². The molecule has 0 fully saturated rings. The van der Waals surface area contributed by atoms with Crippen LogP contribution >= 0.6 is 0 Å². The Bertz CT molecular complexity index is 441. The van der Waals surface area contributed by atoms with Crippen molar-refractivity contribution in [1.82, 2.24) is 0 Å². The summed E-state index contributed by atoms with van der Waals surface area (Å²) in [4.78, 5) is 10.9. The molecule has 4 heteroatoms. The monoisotopic (exact) mass is 268 g/mol. The second-order valence-electron chi connectivity index (χ2n) is 5.30. The van der Waals surface area contributed by atoms with Crippen molar-refractivity contribution in [3.05, 3.63) is 29.6 Å². The molecule has 1 aromatic carbocycles. The van der Waals surface area contributed by atoms with Crippen LogP contribution in [-0.2, 0) is 4.79 Å². The van der Waals surface area contributed by atoms with E-state index in [9.17, 15) is 9.18 Å². The molecule has 106 valence electrons. The summed E-state index contributed by atoms with van der Waals surface area (Å²) in [7, 11) is 0. The Hall–Kier alpha value is -1.58. The molecular formula is C15H21FO3. The zero-order valence-corrected chi connectivity index (χ0v) is 11.8. The number of hydrogen-bond donors (Lipinski definition) is 1. The minimum Gasteiger partial charge on any atom is -0.488 e. The van der Waals surface area contributed by atoms with Gasteiger partial charge in [0.15, 0.2) is 11.6 Å². The molecule has 3 nitrogen and oxygen atoms in total. The van der Waals surface area contributed by atoms with E-state index in [1.165, 1.54) is 6.07 Å². The van der Waals surface area contributed by atoms with Crippen molar-refractivity contribution in [2.75, 3.05) is 0 Å². The molecule has 0 aliphatic carbocycles. The maximum Gasteiger partial charge on any atom is 0.303 e. The van der Waals surface area contributed by atoms with E-state index < -0.39 is 11.8 Å². The van der Waals surface area contributed by atoms with Gasteiger partial charge in [-0.3, -0.25) is 4.79 Å². The Kier molecular flexibility index (Phi) is 5.33. The molecule has 1 atom stereocenters. The molecule has 1 rings (SSSR count). The van der Waals surface area contributed by atoms with Crippen molar-refractivity contribution < 1.29 is 19.0 Å². The van der Waals surface area contributed by atoms with Crippen LogP contribution in [0.3, 0.4) is 0 Å². The number of carbonyl (C=O) groups is 1. The Labute approximate surface area is 113 Å². The molecular weight excluding hydrogens is 247 g/mol. The number of carboxylic acids is 1. The quantitative estimate of drug-likeness (QED) is 0.853. The van der Waals surface area contributed by atoms with E-state index in [0.29, 0.717) is 5.56 Å². The van der Waals surface area contributed by atoms with Crippen LogP contribution in [0.5, 0.6) is 5.75 Å². The van der Waals surface area contributed by atoms with Gasteiger partial charge in [-0.2, -0.15) is 0 Å². The van der Waals surface area contributed by atoms with Crippen LogP contribution < -0.4 is 4.74 Å². The molecule has 1 unspecified atom stereocenters. The van der Waals surface area contributed by atoms with Gasteiger partial charge in [-0.1, -0.05) is 19.9 Å². The summed E-state index contributed by atoms with van der Waals surface area (Å²) < 4.78 is 19.2. The van der Waals surface area contributed by atoms with E-state index in [2.05, 4.69) is 0 Å². The lowest BCUT2D eigenvalue weighted by atomic mass is 9.86. The molecule has 1 N–H and O–H groups in total. The highest BCUT2D eigenvalue weighted by Gasteiger charge is 2.20. The minimum atomic E-state index is -0.874. The van der Waals surface area contributed by atoms with E-state index >= 15 is 0 Å². The third-order valence-electron chi connectivity index (χ3n) is 2.95. The Balaban J connectivity index is 2.99. The molecule has 0 saturated heterocycles. The molecule has 0 aliphatic rings. The van der Waals surface area contributed by atoms with Gasteiger partial charge in [0.05, 0.1) is 12.5 Å². The van der Waals surface area contributed by atoms with Crippen LogP contribution in [-0.4, -0.2) is 17.2 Å². The summed E-state index contributed by atoms with van der Waals surface area (Å²) in [6.45, 7) is 7.53. The van der Waals surface area contributed by atoms with Gasteiger partial charge in [-0.25, -0.2) is 4.39 Å². The topological polar surface area (TPSA) is 46.5 Å². The Morgan fingerprint density at radius 2 is 1.95 bits per heavy atom. The van der Waals surface area contributed by atoms with E-state index in [4.69, 9.17) is 9.84 Å². The lowest BCUT2D eigenvalue weighted by Crippen LogP contribution is -2.13. The molecule has 19 heavy (non-hydrogen) atoms. The van der Waals surface area contributed by atoms with E-state index in [-0.39, 0.29) is 30.1 Å². The molecule has 0 bridgehead atoms. The molecule has 0 spiro atoms. The number of hydrogen-bond acceptors (Lipinski definition) is 2. The highest BCUT2D eigenvalue weighted by molar-refractivity contribution is 5.68. The summed E-state index contributed by atoms with van der Waals surface area (Å²) in [5, 5.41) is 8.92. The van der Waals surface area contributed by atoms with Crippen LogP contribution in [0.1, 0.15) is 45.6 Å². The number of benzene rings is 1. The predicted molar refractivity (Wildman–Crippen MR) is 72.0 cm³/mol. The molecule has 0 heterocycles. The van der Waals surface area contributed by atoms with Gasteiger partial charge in [0.1, 0.15) is 0 Å². The lowest BCUT2D eigenvalue weighted by Gasteiger charge is -2.20. The van der Waals surface area contributed by atoms with Gasteiger partial charge < -0.3 is 9.84 Å². The first-order valence-corrected chi connectivity index (χ1v) is 6.49. The summed E-state index contributed by atoms with van der Waals surface area (Å²) in [6, 6.07) is 4.70. The van der Waals surface area contributed by atoms with Crippen LogP contribution in [0.4, 0.5) is 4.39 Å². The first-order valence-electron chi connectivity index (χ1n) is 6.49. The fourth-order valence-corrected chi connectivity index (χ4v) is 2.02. The third kappa shape index (κ3) is 4.54. The number of carboxylic acid groups (broad SMARTS) is 1. The highest BCUT2D eigenvalue weighted by Crippen LogP contribution is 2.31. The maximum absolute atomic E-state index is 13.9. The Morgan fingerprint density at radius 1 is 1.32 bits per heavy atom. The second-order valence-corrected chi connectivity index (χ2v) is 5.30. The summed E-state index contributed by atoms with van der Waals surface area (Å²) in [6.07, 6.45) is -0.0955. The van der Waals surface area contributed by atoms with Gasteiger partial charge in [0, 0.05) is 0 Å². The van der Waals surface area contributed by atoms with Gasteiger partial charge in [-0.05, 0) is 43.4 Å². The van der Waals surface area contributed by atoms with Crippen molar-refractivity contribution >= 4 is 5.97 Å². The SMILES string of the molecule is CC(C)Oc1ccc(C(CC(=O)O)C(C)C)cc1F. The average Bonchev–Trinajstić information content (AvgIpc) is 2.27. The van der Waals surface area contributed by atoms with Crippen LogP contribution in [0, 0.1) is 11.7 Å². The zero-order chi connectivity index (χ0) is 14.6. The predicted octanol–water partition coefficient (Wildman–Crippen LogP) is 3.83. The van der Waals surface area contributed by atoms with E-state index in [1.54, 1.807) is 12.1 Å². The Morgan fingerprint density at radius 3 is 2.37 bits per heavy atom. The van der Waals surface area contributed by atoms with Gasteiger partial charge >= 0.3 is 5.97 Å². The normalized spacial score (nSPS) is 12.8. The average molecular weight is 268 g/mol. The number of rotatable bonds is 6. The largest absolute Gasteiger partial charge is 0.488 e.